The highest BCUT2D eigenvalue weighted by molar-refractivity contribution is 5.90. The van der Waals surface area contributed by atoms with Gasteiger partial charge in [0, 0.05) is 19.2 Å². The van der Waals surface area contributed by atoms with Gasteiger partial charge < -0.3 is 25.8 Å². The van der Waals surface area contributed by atoms with E-state index < -0.39 is 36.6 Å². The van der Waals surface area contributed by atoms with Crippen molar-refractivity contribution in [2.24, 2.45) is 5.73 Å². The van der Waals surface area contributed by atoms with Gasteiger partial charge in [0.15, 0.2) is 0 Å². The maximum absolute atomic E-state index is 14.8. The van der Waals surface area contributed by atoms with E-state index in [1.54, 1.807) is 18.2 Å². The highest BCUT2D eigenvalue weighted by atomic mass is 19.1. The summed E-state index contributed by atoms with van der Waals surface area (Å²) in [5.74, 6) is -0.990. The van der Waals surface area contributed by atoms with E-state index in [0.29, 0.717) is 37.3 Å². The topological polar surface area (TPSA) is 132 Å². The zero-order valence-corrected chi connectivity index (χ0v) is 16.4. The minimum atomic E-state index is -1.04. The summed E-state index contributed by atoms with van der Waals surface area (Å²) in [6.45, 7) is 0.946. The van der Waals surface area contributed by atoms with Crippen LogP contribution < -0.4 is 20.9 Å². The monoisotopic (exact) mass is 417 g/mol. The molecule has 2 aliphatic rings. The van der Waals surface area contributed by atoms with Crippen molar-refractivity contribution < 1.29 is 23.8 Å². The predicted molar refractivity (Wildman–Crippen MR) is 107 cm³/mol. The zero-order chi connectivity index (χ0) is 21.7. The van der Waals surface area contributed by atoms with Crippen LogP contribution in [0, 0.1) is 17.1 Å². The number of benzene rings is 1. The second kappa shape index (κ2) is 9.56. The van der Waals surface area contributed by atoms with Gasteiger partial charge in [-0.3, -0.25) is 9.69 Å². The van der Waals surface area contributed by atoms with Gasteiger partial charge in [0.2, 0.25) is 5.91 Å². The molecule has 2 saturated heterocycles. The van der Waals surface area contributed by atoms with E-state index >= 15 is 0 Å². The number of carbonyl (C=O) groups excluding carboxylic acids is 2. The van der Waals surface area contributed by atoms with Crippen LogP contribution in [-0.4, -0.2) is 62.0 Å². The number of rotatable bonds is 6. The van der Waals surface area contributed by atoms with Crippen LogP contribution in [0.5, 0.6) is 0 Å². The molecule has 2 aliphatic heterocycles. The van der Waals surface area contributed by atoms with Gasteiger partial charge >= 0.3 is 6.09 Å². The Morgan fingerprint density at radius 2 is 2.20 bits per heavy atom. The molecule has 2 fully saturated rings. The van der Waals surface area contributed by atoms with E-state index in [1.165, 1.54) is 11.0 Å². The van der Waals surface area contributed by atoms with Crippen LogP contribution >= 0.6 is 0 Å². The Bertz CT molecular complexity index is 874. The molecular formula is C20H24FN5O4. The molecule has 0 bridgehead atoms. The molecule has 30 heavy (non-hydrogen) atoms. The van der Waals surface area contributed by atoms with E-state index in [-0.39, 0.29) is 13.1 Å². The number of halogens is 1. The van der Waals surface area contributed by atoms with Crippen molar-refractivity contribution in [3.8, 4) is 6.07 Å². The summed E-state index contributed by atoms with van der Waals surface area (Å²) in [6.07, 6.45) is 1.73. The van der Waals surface area contributed by atoms with Crippen LogP contribution in [0.1, 0.15) is 12.8 Å². The quantitative estimate of drug-likeness (QED) is 0.579. The standard InChI is InChI=1S/C20H24FN5O4/c21-16-9-14(1-2-18(16)25-7-4-13(3-6-22)5-8-25)26-11-15(30-20(26)29)10-24-19(28)17(23)12-27/h1-3,9,15,17,27H,4-5,7-8,10-12,23H2,(H,24,28). The minimum Gasteiger partial charge on any atom is -0.442 e. The van der Waals surface area contributed by atoms with E-state index in [4.69, 9.17) is 20.8 Å². The number of nitrogens with one attached hydrogen (secondary N) is 1. The lowest BCUT2D eigenvalue weighted by Crippen LogP contribution is -2.45. The molecule has 10 heteroatoms. The van der Waals surface area contributed by atoms with Crippen LogP contribution in [0.15, 0.2) is 29.8 Å². The molecule has 4 N–H and O–H groups in total. The maximum Gasteiger partial charge on any atom is 0.414 e. The number of ether oxygens (including phenoxy) is 1. The van der Waals surface area contributed by atoms with Gasteiger partial charge in [0.05, 0.1) is 37.1 Å². The van der Waals surface area contributed by atoms with Gasteiger partial charge in [0.1, 0.15) is 18.0 Å². The first-order valence-electron chi connectivity index (χ1n) is 9.67. The highest BCUT2D eigenvalue weighted by Gasteiger charge is 2.33. The lowest BCUT2D eigenvalue weighted by Gasteiger charge is -2.30. The summed E-state index contributed by atoms with van der Waals surface area (Å²) in [5.41, 5.74) is 7.29. The SMILES string of the molecule is N#CC=C1CCN(c2ccc(N3CC(CNC(=O)C(N)CO)OC3=O)cc2F)CC1. The number of nitriles is 1. The van der Waals surface area contributed by atoms with E-state index in [1.807, 2.05) is 11.0 Å². The molecule has 160 valence electrons. The zero-order valence-electron chi connectivity index (χ0n) is 16.4. The number of hydrogen-bond acceptors (Lipinski definition) is 7. The van der Waals surface area contributed by atoms with E-state index in [0.717, 1.165) is 5.57 Å². The molecule has 3 rings (SSSR count). The lowest BCUT2D eigenvalue weighted by atomic mass is 10.0. The molecule has 2 atom stereocenters. The van der Waals surface area contributed by atoms with E-state index in [9.17, 15) is 14.0 Å². The number of anilines is 2. The van der Waals surface area contributed by atoms with Gasteiger partial charge in [0.25, 0.3) is 0 Å². The molecule has 0 aromatic heterocycles. The highest BCUT2D eigenvalue weighted by Crippen LogP contribution is 2.30. The molecular weight excluding hydrogens is 393 g/mol. The molecule has 2 heterocycles. The number of aliphatic hydroxyl groups is 1. The number of cyclic esters (lactones) is 1. The molecule has 1 aromatic rings. The maximum atomic E-state index is 14.8. The summed E-state index contributed by atoms with van der Waals surface area (Å²) in [4.78, 5) is 27.0. The number of hydrogen-bond donors (Lipinski definition) is 3. The van der Waals surface area contributed by atoms with Crippen LogP contribution in [0.2, 0.25) is 0 Å². The normalized spacial score (nSPS) is 19.9. The molecule has 2 amide bonds. The average molecular weight is 417 g/mol. The average Bonchev–Trinajstić information content (AvgIpc) is 3.12. The van der Waals surface area contributed by atoms with Crippen molar-refractivity contribution in [2.75, 3.05) is 42.6 Å². The minimum absolute atomic E-state index is 0.0433. The number of aliphatic hydroxyl groups excluding tert-OH is 1. The Kier molecular flexibility index (Phi) is 6.87. The van der Waals surface area contributed by atoms with Crippen molar-refractivity contribution in [3.63, 3.8) is 0 Å². The number of nitrogens with two attached hydrogens (primary N) is 1. The Labute approximate surface area is 173 Å². The fourth-order valence-corrected chi connectivity index (χ4v) is 3.46. The molecule has 2 unspecified atom stereocenters. The van der Waals surface area contributed by atoms with Crippen LogP contribution in [0.3, 0.4) is 0 Å². The molecule has 0 saturated carbocycles. The Hall–Kier alpha value is -3.16. The van der Waals surface area contributed by atoms with Crippen molar-refractivity contribution >= 4 is 23.4 Å². The third-order valence-electron chi connectivity index (χ3n) is 5.17. The Morgan fingerprint density at radius 1 is 1.47 bits per heavy atom. The summed E-state index contributed by atoms with van der Waals surface area (Å²) >= 11 is 0. The first-order valence-corrected chi connectivity index (χ1v) is 9.67. The van der Waals surface area contributed by atoms with Crippen molar-refractivity contribution in [1.29, 1.82) is 5.26 Å². The molecule has 0 aliphatic carbocycles. The van der Waals surface area contributed by atoms with Gasteiger partial charge in [-0.05, 0) is 31.0 Å². The summed E-state index contributed by atoms with van der Waals surface area (Å²) in [7, 11) is 0. The van der Waals surface area contributed by atoms with Crippen molar-refractivity contribution in [3.05, 3.63) is 35.7 Å². The van der Waals surface area contributed by atoms with Crippen LogP contribution in [0.4, 0.5) is 20.6 Å². The fraction of sp³-hybridized carbons (Fsp3) is 0.450. The number of piperidine rings is 1. The largest absolute Gasteiger partial charge is 0.442 e. The predicted octanol–water partition coefficient (Wildman–Crippen LogP) is 0.637. The van der Waals surface area contributed by atoms with Gasteiger partial charge in [-0.2, -0.15) is 5.26 Å². The van der Waals surface area contributed by atoms with Crippen molar-refractivity contribution in [2.45, 2.75) is 25.0 Å². The van der Waals surface area contributed by atoms with Gasteiger partial charge in [-0.1, -0.05) is 5.57 Å². The van der Waals surface area contributed by atoms with Gasteiger partial charge in [-0.25, -0.2) is 9.18 Å². The van der Waals surface area contributed by atoms with Crippen LogP contribution in [0.25, 0.3) is 0 Å². The number of amides is 2. The van der Waals surface area contributed by atoms with E-state index in [2.05, 4.69) is 5.32 Å². The molecule has 0 radical (unpaired) electrons. The molecule has 9 nitrogen and oxygen atoms in total. The fourth-order valence-electron chi connectivity index (χ4n) is 3.46. The third kappa shape index (κ3) is 4.87. The first kappa shape index (κ1) is 21.5. The second-order valence-corrected chi connectivity index (χ2v) is 7.21. The third-order valence-corrected chi connectivity index (χ3v) is 5.17. The summed E-state index contributed by atoms with van der Waals surface area (Å²) in [6, 6.07) is 5.57. The summed E-state index contributed by atoms with van der Waals surface area (Å²) < 4.78 is 20.0. The first-order chi connectivity index (χ1) is 14.4. The summed E-state index contributed by atoms with van der Waals surface area (Å²) in [5, 5.41) is 20.1. The lowest BCUT2D eigenvalue weighted by molar-refractivity contribution is -0.123. The smallest absolute Gasteiger partial charge is 0.414 e. The second-order valence-electron chi connectivity index (χ2n) is 7.21. The molecule has 1 aromatic carbocycles. The molecule has 0 spiro atoms. The van der Waals surface area contributed by atoms with Crippen LogP contribution in [-0.2, 0) is 9.53 Å². The Morgan fingerprint density at radius 3 is 2.83 bits per heavy atom. The number of carbonyl (C=O) groups is 2. The number of nitrogens with zero attached hydrogens (tertiary/aromatic N) is 3. The Balaban J connectivity index is 1.61. The number of allylic oxidation sites excluding steroid dienone is 1. The van der Waals surface area contributed by atoms with Crippen molar-refractivity contribution in [1.82, 2.24) is 5.32 Å². The van der Waals surface area contributed by atoms with Gasteiger partial charge in [-0.15, -0.1) is 0 Å².